The van der Waals surface area contributed by atoms with Gasteiger partial charge >= 0.3 is 6.09 Å². The molecule has 5 heteroatoms. The van der Waals surface area contributed by atoms with Gasteiger partial charge in [-0.1, -0.05) is 26.1 Å². The van der Waals surface area contributed by atoms with Crippen LogP contribution in [0.2, 0.25) is 0 Å². The van der Waals surface area contributed by atoms with Crippen molar-refractivity contribution in [2.45, 2.75) is 52.7 Å². The maximum Gasteiger partial charge on any atom is 0.412 e. The van der Waals surface area contributed by atoms with E-state index in [0.717, 1.165) is 6.42 Å². The molecule has 0 fully saturated rings. The zero-order valence-corrected chi connectivity index (χ0v) is 11.5. The molecule has 0 aliphatic carbocycles. The predicted octanol–water partition coefficient (Wildman–Crippen LogP) is 2.21. The second-order valence-corrected chi connectivity index (χ2v) is 5.67. The molecule has 0 unspecified atom stereocenters. The van der Waals surface area contributed by atoms with E-state index in [9.17, 15) is 4.79 Å². The van der Waals surface area contributed by atoms with Gasteiger partial charge in [0.15, 0.2) is 0 Å². The van der Waals surface area contributed by atoms with Gasteiger partial charge in [0.05, 0.1) is 6.04 Å². The van der Waals surface area contributed by atoms with E-state index in [1.54, 1.807) is 20.8 Å². The predicted molar refractivity (Wildman–Crippen MR) is 69.4 cm³/mol. The van der Waals surface area contributed by atoms with Crippen LogP contribution in [0.25, 0.3) is 0 Å². The van der Waals surface area contributed by atoms with Gasteiger partial charge in [0.1, 0.15) is 10.6 Å². The number of carbonyl (C=O) groups excluding carboxylic acids is 1. The number of thiocarbonyl (C=S) groups is 1. The van der Waals surface area contributed by atoms with Gasteiger partial charge in [-0.25, -0.2) is 4.79 Å². The number of carbonyl (C=O) groups is 1. The first-order chi connectivity index (χ1) is 7.11. The highest BCUT2D eigenvalue weighted by Gasteiger charge is 2.19. The number of rotatable bonds is 3. The number of nitrogens with two attached hydrogens (primary N) is 1. The maximum absolute atomic E-state index is 11.4. The van der Waals surface area contributed by atoms with Crippen LogP contribution >= 0.6 is 12.2 Å². The number of ether oxygens (including phenoxy) is 1. The summed E-state index contributed by atoms with van der Waals surface area (Å²) in [5.41, 5.74) is 5.29. The summed E-state index contributed by atoms with van der Waals surface area (Å²) < 4.78 is 5.07. The molecule has 0 spiro atoms. The molecule has 94 valence electrons. The minimum Gasteiger partial charge on any atom is -0.444 e. The summed E-state index contributed by atoms with van der Waals surface area (Å²) in [6.07, 6.45) is 0.200. The van der Waals surface area contributed by atoms with E-state index in [4.69, 9.17) is 22.7 Å². The Balaban J connectivity index is 4.10. The normalized spacial score (nSPS) is 13.4. The van der Waals surface area contributed by atoms with E-state index >= 15 is 0 Å². The summed E-state index contributed by atoms with van der Waals surface area (Å²) in [4.78, 5) is 11.7. The summed E-state index contributed by atoms with van der Waals surface area (Å²) in [6, 6.07) is -0.303. The molecule has 1 atom stereocenters. The molecule has 0 saturated carbocycles. The van der Waals surface area contributed by atoms with E-state index in [1.807, 2.05) is 0 Å². The third-order valence-corrected chi connectivity index (χ3v) is 2.09. The van der Waals surface area contributed by atoms with Gasteiger partial charge in [0, 0.05) is 0 Å². The van der Waals surface area contributed by atoms with Crippen molar-refractivity contribution in [2.75, 3.05) is 0 Å². The lowest BCUT2D eigenvalue weighted by molar-refractivity contribution is 0.0562. The minimum atomic E-state index is -0.545. The average molecular weight is 246 g/mol. The number of hydrogen-bond donors (Lipinski definition) is 2. The van der Waals surface area contributed by atoms with Crippen molar-refractivity contribution >= 4 is 23.3 Å². The fourth-order valence-corrected chi connectivity index (χ4v) is 1.29. The molecule has 4 nitrogen and oxygen atoms in total. The van der Waals surface area contributed by atoms with Gasteiger partial charge in [-0.15, -0.1) is 0 Å². The standard InChI is InChI=1S/C11H22N2O2S/c1-7(2)6-8(12)9(16)13-10(14)15-11(3,4)5/h7-8H,6,12H2,1-5H3,(H,13,14,16)/t8-/m0/s1. The molecule has 1 amide bonds. The first-order valence-electron chi connectivity index (χ1n) is 5.41. The maximum atomic E-state index is 11.4. The Bertz CT molecular complexity index is 259. The fourth-order valence-electron chi connectivity index (χ4n) is 1.11. The lowest BCUT2D eigenvalue weighted by Crippen LogP contribution is -2.44. The van der Waals surface area contributed by atoms with Crippen LogP contribution in [-0.4, -0.2) is 22.7 Å². The minimum absolute atomic E-state index is 0.303. The average Bonchev–Trinajstić information content (AvgIpc) is 1.98. The lowest BCUT2D eigenvalue weighted by atomic mass is 10.0. The largest absolute Gasteiger partial charge is 0.444 e. The van der Waals surface area contributed by atoms with E-state index < -0.39 is 11.7 Å². The zero-order valence-electron chi connectivity index (χ0n) is 10.7. The summed E-state index contributed by atoms with van der Waals surface area (Å²) in [5.74, 6) is 0.438. The molecule has 0 rings (SSSR count). The van der Waals surface area contributed by atoms with Crippen molar-refractivity contribution in [1.82, 2.24) is 5.32 Å². The van der Waals surface area contributed by atoms with Gasteiger partial charge in [-0.2, -0.15) is 0 Å². The zero-order chi connectivity index (χ0) is 12.9. The molecular formula is C11H22N2O2S. The Labute approximate surface area is 103 Å². The van der Waals surface area contributed by atoms with Gasteiger partial charge in [-0.3, -0.25) is 5.32 Å². The van der Waals surface area contributed by atoms with Gasteiger partial charge in [-0.05, 0) is 33.1 Å². The van der Waals surface area contributed by atoms with Gasteiger partial charge in [0.2, 0.25) is 0 Å². The van der Waals surface area contributed by atoms with Crippen molar-refractivity contribution < 1.29 is 9.53 Å². The quantitative estimate of drug-likeness (QED) is 0.749. The first kappa shape index (κ1) is 15.3. The monoisotopic (exact) mass is 246 g/mol. The molecule has 0 aromatic carbocycles. The number of alkyl carbamates (subject to hydrolysis) is 1. The van der Waals surface area contributed by atoms with Crippen LogP contribution in [0.15, 0.2) is 0 Å². The van der Waals surface area contributed by atoms with Crippen molar-refractivity contribution in [3.8, 4) is 0 Å². The molecule has 0 heterocycles. The Hall–Kier alpha value is -0.680. The van der Waals surface area contributed by atoms with Crippen molar-refractivity contribution in [3.63, 3.8) is 0 Å². The van der Waals surface area contributed by atoms with Crippen molar-refractivity contribution in [3.05, 3.63) is 0 Å². The molecule has 0 aromatic rings. The second-order valence-electron chi connectivity index (χ2n) is 5.23. The molecule has 0 saturated heterocycles. The van der Waals surface area contributed by atoms with Crippen LogP contribution in [0.1, 0.15) is 41.0 Å². The first-order valence-corrected chi connectivity index (χ1v) is 5.82. The Morgan fingerprint density at radius 2 is 1.94 bits per heavy atom. The second kappa shape index (κ2) is 6.15. The molecule has 3 N–H and O–H groups in total. The summed E-state index contributed by atoms with van der Waals surface area (Å²) in [7, 11) is 0. The summed E-state index contributed by atoms with van der Waals surface area (Å²) in [5, 5.41) is 2.49. The van der Waals surface area contributed by atoms with Crippen LogP contribution in [0, 0.1) is 5.92 Å². The molecule has 0 aliphatic heterocycles. The summed E-state index contributed by atoms with van der Waals surface area (Å²) in [6.45, 7) is 9.49. The van der Waals surface area contributed by atoms with Crippen molar-refractivity contribution in [1.29, 1.82) is 0 Å². The molecule has 16 heavy (non-hydrogen) atoms. The highest BCUT2D eigenvalue weighted by Crippen LogP contribution is 2.07. The third kappa shape index (κ3) is 7.59. The number of amides is 1. The van der Waals surface area contributed by atoms with Crippen LogP contribution < -0.4 is 11.1 Å². The molecular weight excluding hydrogens is 224 g/mol. The van der Waals surface area contributed by atoms with E-state index in [1.165, 1.54) is 0 Å². The van der Waals surface area contributed by atoms with Crippen LogP contribution in [0.3, 0.4) is 0 Å². The molecule has 0 radical (unpaired) electrons. The lowest BCUT2D eigenvalue weighted by Gasteiger charge is -2.21. The SMILES string of the molecule is CC(C)C[C@H](N)C(=S)NC(=O)OC(C)(C)C. The molecule has 0 bridgehead atoms. The smallest absolute Gasteiger partial charge is 0.412 e. The van der Waals surface area contributed by atoms with E-state index in [2.05, 4.69) is 19.2 Å². The highest BCUT2D eigenvalue weighted by molar-refractivity contribution is 7.80. The number of hydrogen-bond acceptors (Lipinski definition) is 4. The van der Waals surface area contributed by atoms with Crippen molar-refractivity contribution in [2.24, 2.45) is 11.7 Å². The highest BCUT2D eigenvalue weighted by atomic mass is 32.1. The van der Waals surface area contributed by atoms with Gasteiger partial charge < -0.3 is 10.5 Å². The van der Waals surface area contributed by atoms with E-state index in [0.29, 0.717) is 10.9 Å². The van der Waals surface area contributed by atoms with Crippen LogP contribution in [0.4, 0.5) is 4.79 Å². The Kier molecular flexibility index (Phi) is 5.89. The van der Waals surface area contributed by atoms with Crippen LogP contribution in [-0.2, 0) is 4.74 Å². The van der Waals surface area contributed by atoms with Crippen LogP contribution in [0.5, 0.6) is 0 Å². The Morgan fingerprint density at radius 1 is 1.44 bits per heavy atom. The Morgan fingerprint density at radius 3 is 2.31 bits per heavy atom. The number of nitrogens with one attached hydrogen (secondary N) is 1. The topological polar surface area (TPSA) is 64.3 Å². The third-order valence-electron chi connectivity index (χ3n) is 1.69. The fraction of sp³-hybridized carbons (Fsp3) is 0.818. The molecule has 0 aromatic heterocycles. The summed E-state index contributed by atoms with van der Waals surface area (Å²) >= 11 is 5.02. The van der Waals surface area contributed by atoms with Gasteiger partial charge in [0.25, 0.3) is 0 Å². The van der Waals surface area contributed by atoms with E-state index in [-0.39, 0.29) is 6.04 Å². The molecule has 0 aliphatic rings.